The van der Waals surface area contributed by atoms with E-state index in [1.807, 2.05) is 11.9 Å². The first-order valence-electron chi connectivity index (χ1n) is 5.92. The van der Waals surface area contributed by atoms with E-state index in [1.54, 1.807) is 13.0 Å². The van der Waals surface area contributed by atoms with Crippen molar-refractivity contribution in [3.05, 3.63) is 23.5 Å². The monoisotopic (exact) mass is 238 g/mol. The molecule has 3 N–H and O–H groups in total. The Morgan fingerprint density at radius 3 is 2.71 bits per heavy atom. The second-order valence-corrected chi connectivity index (χ2v) is 5.03. The number of aryl methyl sites for hydroxylation is 1. The summed E-state index contributed by atoms with van der Waals surface area (Å²) in [7, 11) is 1.95. The average molecular weight is 238 g/mol. The summed E-state index contributed by atoms with van der Waals surface area (Å²) < 4.78 is 13.3. The van der Waals surface area contributed by atoms with Gasteiger partial charge in [0.05, 0.1) is 17.5 Å². The van der Waals surface area contributed by atoms with Crippen molar-refractivity contribution in [1.82, 2.24) is 0 Å². The Hall–Kier alpha value is -1.29. The normalized spacial score (nSPS) is 23.3. The molecule has 1 aliphatic rings. The lowest BCUT2D eigenvalue weighted by molar-refractivity contribution is 0.0465. The minimum Gasteiger partial charge on any atom is -0.397 e. The van der Waals surface area contributed by atoms with Crippen LogP contribution in [0.5, 0.6) is 0 Å². The van der Waals surface area contributed by atoms with Crippen molar-refractivity contribution >= 4 is 11.4 Å². The summed E-state index contributed by atoms with van der Waals surface area (Å²) in [6.45, 7) is 2.59. The number of nitrogens with zero attached hydrogens (tertiary/aromatic N) is 1. The van der Waals surface area contributed by atoms with Gasteiger partial charge in [0.15, 0.2) is 0 Å². The molecule has 1 aromatic carbocycles. The molecule has 0 heterocycles. The molecule has 1 aromatic rings. The van der Waals surface area contributed by atoms with Gasteiger partial charge in [0.1, 0.15) is 5.82 Å². The van der Waals surface area contributed by atoms with Crippen molar-refractivity contribution in [3.63, 3.8) is 0 Å². The van der Waals surface area contributed by atoms with Crippen molar-refractivity contribution in [3.8, 4) is 0 Å². The Kier molecular flexibility index (Phi) is 3.24. The zero-order chi connectivity index (χ0) is 12.6. The molecule has 1 fully saturated rings. The van der Waals surface area contributed by atoms with Crippen LogP contribution in [0.25, 0.3) is 0 Å². The Morgan fingerprint density at radius 1 is 1.47 bits per heavy atom. The first-order valence-corrected chi connectivity index (χ1v) is 5.92. The summed E-state index contributed by atoms with van der Waals surface area (Å²) in [5, 5.41) is 9.24. The maximum absolute atomic E-state index is 13.3. The number of aliphatic hydroxyl groups is 1. The van der Waals surface area contributed by atoms with Gasteiger partial charge in [-0.3, -0.25) is 0 Å². The Labute approximate surface area is 101 Å². The summed E-state index contributed by atoms with van der Waals surface area (Å²) in [4.78, 5) is 2.04. The number of hydrogen-bond acceptors (Lipinski definition) is 3. The van der Waals surface area contributed by atoms with Gasteiger partial charge < -0.3 is 15.7 Å². The van der Waals surface area contributed by atoms with Crippen LogP contribution in [0.4, 0.5) is 15.8 Å². The number of benzene rings is 1. The van der Waals surface area contributed by atoms with Gasteiger partial charge in [-0.25, -0.2) is 4.39 Å². The van der Waals surface area contributed by atoms with Crippen molar-refractivity contribution in [1.29, 1.82) is 0 Å². The zero-order valence-corrected chi connectivity index (χ0v) is 10.3. The standard InChI is InChI=1S/C13H19FN2O/c1-8-3-13(12(15)6-11(8)14)16(2)7-9-4-10(17)5-9/h3,6,9-10,17H,4-5,7,15H2,1-2H3. The van der Waals surface area contributed by atoms with Gasteiger partial charge in [-0.2, -0.15) is 0 Å². The molecule has 94 valence electrons. The van der Waals surface area contributed by atoms with Crippen LogP contribution in [0.2, 0.25) is 0 Å². The number of hydrogen-bond donors (Lipinski definition) is 2. The third-order valence-electron chi connectivity index (χ3n) is 3.46. The highest BCUT2D eigenvalue weighted by atomic mass is 19.1. The molecule has 0 spiro atoms. The smallest absolute Gasteiger partial charge is 0.128 e. The SMILES string of the molecule is Cc1cc(N(C)CC2CC(O)C2)c(N)cc1F. The Balaban J connectivity index is 2.08. The van der Waals surface area contributed by atoms with E-state index in [9.17, 15) is 9.50 Å². The van der Waals surface area contributed by atoms with E-state index in [-0.39, 0.29) is 11.9 Å². The molecular weight excluding hydrogens is 219 g/mol. The van der Waals surface area contributed by atoms with Crippen LogP contribution in [0.1, 0.15) is 18.4 Å². The van der Waals surface area contributed by atoms with Gasteiger partial charge in [-0.05, 0) is 43.4 Å². The maximum atomic E-state index is 13.3. The van der Waals surface area contributed by atoms with Crippen molar-refractivity contribution < 1.29 is 9.50 Å². The maximum Gasteiger partial charge on any atom is 0.128 e. The first kappa shape index (κ1) is 12.2. The minimum absolute atomic E-state index is 0.138. The fourth-order valence-corrected chi connectivity index (χ4v) is 2.35. The summed E-state index contributed by atoms with van der Waals surface area (Å²) in [5.41, 5.74) is 7.76. The number of nitrogen functional groups attached to an aromatic ring is 1. The number of halogens is 1. The van der Waals surface area contributed by atoms with E-state index in [0.717, 1.165) is 25.1 Å². The molecule has 2 rings (SSSR count). The van der Waals surface area contributed by atoms with Gasteiger partial charge in [0.2, 0.25) is 0 Å². The summed E-state index contributed by atoms with van der Waals surface area (Å²) in [5.74, 6) is 0.249. The molecule has 0 radical (unpaired) electrons. The molecule has 0 unspecified atom stereocenters. The van der Waals surface area contributed by atoms with Crippen molar-refractivity contribution in [2.24, 2.45) is 5.92 Å². The topological polar surface area (TPSA) is 49.5 Å². The van der Waals surface area contributed by atoms with E-state index in [2.05, 4.69) is 0 Å². The number of aliphatic hydroxyl groups excluding tert-OH is 1. The van der Waals surface area contributed by atoms with Gasteiger partial charge >= 0.3 is 0 Å². The second kappa shape index (κ2) is 4.53. The van der Waals surface area contributed by atoms with Gasteiger partial charge in [0.25, 0.3) is 0 Å². The minimum atomic E-state index is -0.265. The summed E-state index contributed by atoms with van der Waals surface area (Å²) in [6, 6.07) is 3.15. The Morgan fingerprint density at radius 2 is 2.12 bits per heavy atom. The van der Waals surface area contributed by atoms with Crippen LogP contribution >= 0.6 is 0 Å². The highest BCUT2D eigenvalue weighted by Crippen LogP contribution is 2.31. The van der Waals surface area contributed by atoms with Gasteiger partial charge in [-0.1, -0.05) is 0 Å². The molecule has 4 heteroatoms. The molecule has 0 amide bonds. The molecule has 0 aliphatic heterocycles. The summed E-state index contributed by atoms with van der Waals surface area (Å²) >= 11 is 0. The molecule has 1 saturated carbocycles. The molecule has 3 nitrogen and oxygen atoms in total. The second-order valence-electron chi connectivity index (χ2n) is 5.03. The molecule has 1 aliphatic carbocycles. The van der Waals surface area contributed by atoms with Crippen LogP contribution in [0.15, 0.2) is 12.1 Å². The van der Waals surface area contributed by atoms with Crippen LogP contribution in [-0.4, -0.2) is 24.8 Å². The van der Waals surface area contributed by atoms with Crippen LogP contribution in [0.3, 0.4) is 0 Å². The van der Waals surface area contributed by atoms with E-state index in [1.165, 1.54) is 6.07 Å². The fraction of sp³-hybridized carbons (Fsp3) is 0.538. The number of rotatable bonds is 3. The summed E-state index contributed by atoms with van der Waals surface area (Å²) in [6.07, 6.45) is 1.56. The molecule has 0 saturated heterocycles. The third-order valence-corrected chi connectivity index (χ3v) is 3.46. The fourth-order valence-electron chi connectivity index (χ4n) is 2.35. The van der Waals surface area contributed by atoms with Gasteiger partial charge in [-0.15, -0.1) is 0 Å². The van der Waals surface area contributed by atoms with Crippen LogP contribution in [-0.2, 0) is 0 Å². The quantitative estimate of drug-likeness (QED) is 0.791. The lowest BCUT2D eigenvalue weighted by atomic mass is 9.82. The molecular formula is C13H19FN2O. The highest BCUT2D eigenvalue weighted by molar-refractivity contribution is 5.68. The van der Waals surface area contributed by atoms with E-state index in [4.69, 9.17) is 5.73 Å². The van der Waals surface area contributed by atoms with E-state index >= 15 is 0 Å². The van der Waals surface area contributed by atoms with Gasteiger partial charge in [0, 0.05) is 13.6 Å². The van der Waals surface area contributed by atoms with Crippen LogP contribution < -0.4 is 10.6 Å². The molecule has 0 aromatic heterocycles. The largest absolute Gasteiger partial charge is 0.397 e. The van der Waals surface area contributed by atoms with Crippen LogP contribution in [0, 0.1) is 18.7 Å². The highest BCUT2D eigenvalue weighted by Gasteiger charge is 2.28. The zero-order valence-electron chi connectivity index (χ0n) is 10.3. The van der Waals surface area contributed by atoms with E-state index < -0.39 is 0 Å². The number of anilines is 2. The molecule has 17 heavy (non-hydrogen) atoms. The predicted octanol–water partition coefficient (Wildman–Crippen LogP) is 1.92. The number of nitrogens with two attached hydrogens (primary N) is 1. The Bertz CT molecular complexity index is 416. The van der Waals surface area contributed by atoms with Crippen molar-refractivity contribution in [2.45, 2.75) is 25.9 Å². The lowest BCUT2D eigenvalue weighted by Crippen LogP contribution is -2.37. The average Bonchev–Trinajstić information content (AvgIpc) is 2.21. The third kappa shape index (κ3) is 2.52. The lowest BCUT2D eigenvalue weighted by Gasteiger charge is -2.35. The molecule has 0 atom stereocenters. The van der Waals surface area contributed by atoms with Crippen molar-refractivity contribution in [2.75, 3.05) is 24.2 Å². The predicted molar refractivity (Wildman–Crippen MR) is 67.6 cm³/mol. The van der Waals surface area contributed by atoms with E-state index in [0.29, 0.717) is 17.2 Å². The molecule has 0 bridgehead atoms. The first-order chi connectivity index (χ1) is 7.97.